The number of aromatic amines is 1. The van der Waals surface area contributed by atoms with Crippen LogP contribution in [0.1, 0.15) is 43.4 Å². The van der Waals surface area contributed by atoms with E-state index < -0.39 is 0 Å². The topological polar surface area (TPSA) is 74.0 Å². The molecule has 134 valence electrons. The second-order valence-corrected chi connectivity index (χ2v) is 7.01. The predicted molar refractivity (Wildman–Crippen MR) is 99.3 cm³/mol. The molecule has 0 radical (unpaired) electrons. The Labute approximate surface area is 148 Å². The van der Waals surface area contributed by atoms with Gasteiger partial charge in [-0.2, -0.15) is 0 Å². The zero-order valence-electron chi connectivity index (χ0n) is 14.9. The summed E-state index contributed by atoms with van der Waals surface area (Å²) >= 11 is 0. The Morgan fingerprint density at radius 3 is 2.52 bits per heavy atom. The lowest BCUT2D eigenvalue weighted by Gasteiger charge is -2.10. The number of para-hydroxylation sites is 1. The zero-order valence-corrected chi connectivity index (χ0v) is 14.9. The lowest BCUT2D eigenvalue weighted by molar-refractivity contribution is -0.123. The van der Waals surface area contributed by atoms with E-state index in [0.717, 1.165) is 22.2 Å². The average molecular weight is 341 g/mol. The van der Waals surface area contributed by atoms with Crippen molar-refractivity contribution in [3.8, 4) is 0 Å². The van der Waals surface area contributed by atoms with Gasteiger partial charge in [0.1, 0.15) is 0 Å². The van der Waals surface area contributed by atoms with Crippen LogP contribution in [-0.4, -0.2) is 29.9 Å². The first-order valence-electron chi connectivity index (χ1n) is 9.23. The second kappa shape index (κ2) is 8.19. The van der Waals surface area contributed by atoms with Crippen LogP contribution < -0.4 is 10.6 Å². The fourth-order valence-corrected chi connectivity index (χ4v) is 3.74. The number of aromatic nitrogens is 1. The first-order valence-corrected chi connectivity index (χ1v) is 9.23. The van der Waals surface area contributed by atoms with Gasteiger partial charge in [0.2, 0.25) is 11.8 Å². The first kappa shape index (κ1) is 17.5. The van der Waals surface area contributed by atoms with Crippen molar-refractivity contribution in [1.82, 2.24) is 15.6 Å². The summed E-state index contributed by atoms with van der Waals surface area (Å²) in [6.07, 6.45) is 5.83. The molecule has 3 N–H and O–H groups in total. The van der Waals surface area contributed by atoms with Crippen LogP contribution in [-0.2, 0) is 16.0 Å². The van der Waals surface area contributed by atoms with Crippen LogP contribution in [0.3, 0.4) is 0 Å². The van der Waals surface area contributed by atoms with Gasteiger partial charge in [0.05, 0.1) is 6.42 Å². The molecule has 0 spiro atoms. The predicted octanol–water partition coefficient (Wildman–Crippen LogP) is 2.83. The van der Waals surface area contributed by atoms with E-state index in [0.29, 0.717) is 31.8 Å². The Bertz CT molecular complexity index is 744. The molecule has 25 heavy (non-hydrogen) atoms. The fraction of sp³-hybridized carbons (Fsp3) is 0.500. The molecule has 2 aromatic rings. The van der Waals surface area contributed by atoms with E-state index in [1.54, 1.807) is 0 Å². The number of nitrogens with one attached hydrogen (secondary N) is 3. The van der Waals surface area contributed by atoms with E-state index in [1.165, 1.54) is 25.7 Å². The van der Waals surface area contributed by atoms with E-state index in [9.17, 15) is 9.59 Å². The third-order valence-corrected chi connectivity index (χ3v) is 5.08. The zero-order chi connectivity index (χ0) is 17.6. The summed E-state index contributed by atoms with van der Waals surface area (Å²) in [5, 5.41) is 6.90. The maximum Gasteiger partial charge on any atom is 0.224 e. The number of carbonyl (C=O) groups excluding carboxylic acids is 2. The number of carbonyl (C=O) groups is 2. The minimum Gasteiger partial charge on any atom is -0.358 e. The highest BCUT2D eigenvalue weighted by molar-refractivity contribution is 5.90. The monoisotopic (exact) mass is 341 g/mol. The van der Waals surface area contributed by atoms with Crippen LogP contribution in [0.25, 0.3) is 10.9 Å². The van der Waals surface area contributed by atoms with Gasteiger partial charge in [-0.25, -0.2) is 0 Å². The number of hydrogen-bond donors (Lipinski definition) is 3. The number of fused-ring (bicyclic) bond motifs is 1. The van der Waals surface area contributed by atoms with Crippen LogP contribution >= 0.6 is 0 Å². The smallest absolute Gasteiger partial charge is 0.224 e. The van der Waals surface area contributed by atoms with E-state index in [1.807, 2.05) is 31.2 Å². The summed E-state index contributed by atoms with van der Waals surface area (Å²) in [7, 11) is 0. The molecular weight excluding hydrogens is 314 g/mol. The van der Waals surface area contributed by atoms with Crippen molar-refractivity contribution in [2.75, 3.05) is 13.1 Å². The van der Waals surface area contributed by atoms with Gasteiger partial charge < -0.3 is 15.6 Å². The lowest BCUT2D eigenvalue weighted by atomic mass is 10.0. The molecule has 1 fully saturated rings. The van der Waals surface area contributed by atoms with Crippen LogP contribution in [0.4, 0.5) is 0 Å². The van der Waals surface area contributed by atoms with Crippen LogP contribution in [0.2, 0.25) is 0 Å². The molecule has 5 heteroatoms. The third kappa shape index (κ3) is 4.62. The van der Waals surface area contributed by atoms with Crippen molar-refractivity contribution in [3.63, 3.8) is 0 Å². The third-order valence-electron chi connectivity index (χ3n) is 5.08. The molecule has 1 aliphatic carbocycles. The molecule has 0 bridgehead atoms. The number of rotatable bonds is 7. The summed E-state index contributed by atoms with van der Waals surface area (Å²) < 4.78 is 0. The Balaban J connectivity index is 1.40. The molecular formula is C20H27N3O2. The first-order chi connectivity index (χ1) is 12.1. The molecule has 5 nitrogen and oxygen atoms in total. The molecule has 0 unspecified atom stereocenters. The molecule has 1 aromatic carbocycles. The van der Waals surface area contributed by atoms with Crippen LogP contribution in [0, 0.1) is 12.8 Å². The normalized spacial score (nSPS) is 14.8. The highest BCUT2D eigenvalue weighted by Gasteiger charge is 2.18. The Morgan fingerprint density at radius 2 is 1.76 bits per heavy atom. The van der Waals surface area contributed by atoms with Gasteiger partial charge in [-0.05, 0) is 37.3 Å². The molecule has 1 aliphatic rings. The molecule has 1 aromatic heterocycles. The number of aryl methyl sites for hydroxylation is 1. The summed E-state index contributed by atoms with van der Waals surface area (Å²) in [6.45, 7) is 2.95. The lowest BCUT2D eigenvalue weighted by Crippen LogP contribution is -2.35. The van der Waals surface area contributed by atoms with Gasteiger partial charge in [0, 0.05) is 36.1 Å². The maximum absolute atomic E-state index is 12.2. The fourth-order valence-electron chi connectivity index (χ4n) is 3.74. The minimum absolute atomic E-state index is 0.0158. The Morgan fingerprint density at radius 1 is 1.08 bits per heavy atom. The minimum atomic E-state index is -0.0158. The summed E-state index contributed by atoms with van der Waals surface area (Å²) in [6, 6.07) is 8.02. The van der Waals surface area contributed by atoms with Gasteiger partial charge >= 0.3 is 0 Å². The van der Waals surface area contributed by atoms with Crippen molar-refractivity contribution in [3.05, 3.63) is 35.5 Å². The molecule has 2 amide bonds. The average Bonchev–Trinajstić information content (AvgIpc) is 3.20. The van der Waals surface area contributed by atoms with E-state index in [4.69, 9.17) is 0 Å². The quantitative estimate of drug-likeness (QED) is 0.678. The van der Waals surface area contributed by atoms with E-state index in [2.05, 4.69) is 15.6 Å². The van der Waals surface area contributed by atoms with Crippen LogP contribution in [0.15, 0.2) is 24.3 Å². The summed E-state index contributed by atoms with van der Waals surface area (Å²) in [5.41, 5.74) is 3.13. The molecule has 0 saturated heterocycles. The van der Waals surface area contributed by atoms with Gasteiger partial charge in [-0.1, -0.05) is 31.0 Å². The van der Waals surface area contributed by atoms with Gasteiger partial charge in [-0.3, -0.25) is 9.59 Å². The van der Waals surface area contributed by atoms with Crippen molar-refractivity contribution in [2.45, 2.75) is 45.4 Å². The maximum atomic E-state index is 12.2. The van der Waals surface area contributed by atoms with Crippen molar-refractivity contribution < 1.29 is 9.59 Å². The molecule has 3 rings (SSSR count). The van der Waals surface area contributed by atoms with E-state index in [-0.39, 0.29) is 11.8 Å². The molecule has 1 saturated carbocycles. The molecule has 0 aliphatic heterocycles. The number of H-pyrrole nitrogens is 1. The SMILES string of the molecule is Cc1[nH]c2ccccc2c1CC(=O)NCCNC(=O)CC1CCCC1. The van der Waals surface area contributed by atoms with E-state index >= 15 is 0 Å². The Hall–Kier alpha value is -2.30. The van der Waals surface area contributed by atoms with Crippen LogP contribution in [0.5, 0.6) is 0 Å². The standard InChI is InChI=1S/C20H27N3O2/c1-14-17(16-8-4-5-9-18(16)23-14)13-20(25)22-11-10-21-19(24)12-15-6-2-3-7-15/h4-5,8-9,15,23H,2-3,6-7,10-13H2,1H3,(H,21,24)(H,22,25). The number of hydrogen-bond acceptors (Lipinski definition) is 2. The molecule has 0 atom stereocenters. The Kier molecular flexibility index (Phi) is 5.74. The number of benzene rings is 1. The van der Waals surface area contributed by atoms with Crippen molar-refractivity contribution in [1.29, 1.82) is 0 Å². The second-order valence-electron chi connectivity index (χ2n) is 7.01. The van der Waals surface area contributed by atoms with Gasteiger partial charge in [0.15, 0.2) is 0 Å². The largest absolute Gasteiger partial charge is 0.358 e. The molecule has 1 heterocycles. The summed E-state index contributed by atoms with van der Waals surface area (Å²) in [4.78, 5) is 27.4. The van der Waals surface area contributed by atoms with Crippen molar-refractivity contribution in [2.24, 2.45) is 5.92 Å². The number of amides is 2. The van der Waals surface area contributed by atoms with Gasteiger partial charge in [-0.15, -0.1) is 0 Å². The van der Waals surface area contributed by atoms with Gasteiger partial charge in [0.25, 0.3) is 0 Å². The highest BCUT2D eigenvalue weighted by atomic mass is 16.2. The summed E-state index contributed by atoms with van der Waals surface area (Å²) in [5.74, 6) is 0.644. The van der Waals surface area contributed by atoms with Crippen molar-refractivity contribution >= 4 is 22.7 Å². The highest BCUT2D eigenvalue weighted by Crippen LogP contribution is 2.27.